The molecule has 0 aliphatic rings. The van der Waals surface area contributed by atoms with E-state index in [-0.39, 0.29) is 15.5 Å². The van der Waals surface area contributed by atoms with Gasteiger partial charge in [0.2, 0.25) is 0 Å². The molecule has 0 bridgehead atoms. The Morgan fingerprint density at radius 3 is 2.44 bits per heavy atom. The fraction of sp³-hybridized carbons (Fsp3) is 0. The highest BCUT2D eigenvalue weighted by Crippen LogP contribution is 2.32. The lowest BCUT2D eigenvalue weighted by atomic mass is 10.0. The third kappa shape index (κ3) is 2.23. The number of aromatic carboxylic acids is 2. The summed E-state index contributed by atoms with van der Waals surface area (Å²) in [6.07, 6.45) is 0. The van der Waals surface area contributed by atoms with Crippen LogP contribution in [0.1, 0.15) is 20.0 Å². The molecule has 2 aromatic rings. The molecule has 1 aromatic heterocycles. The molecule has 0 saturated carbocycles. The van der Waals surface area contributed by atoms with Crippen LogP contribution in [0.4, 0.5) is 0 Å². The Bertz CT molecular complexity index is 633. The highest BCUT2D eigenvalue weighted by molar-refractivity contribution is 7.12. The molecule has 1 heterocycles. The number of carbonyl (C=O) groups is 2. The van der Waals surface area contributed by atoms with E-state index in [1.54, 1.807) is 17.5 Å². The van der Waals surface area contributed by atoms with Gasteiger partial charge in [0.1, 0.15) is 4.88 Å². The molecule has 2 rings (SSSR count). The first-order valence-electron chi connectivity index (χ1n) is 4.84. The topological polar surface area (TPSA) is 74.6 Å². The van der Waals surface area contributed by atoms with Crippen LogP contribution in [0.2, 0.25) is 5.02 Å². The summed E-state index contributed by atoms with van der Waals surface area (Å²) in [5.41, 5.74) is 0.935. The van der Waals surface area contributed by atoms with Crippen LogP contribution in [0.25, 0.3) is 11.1 Å². The number of thiophene rings is 1. The summed E-state index contributed by atoms with van der Waals surface area (Å²) >= 11 is 6.89. The molecule has 0 fully saturated rings. The lowest BCUT2D eigenvalue weighted by molar-refractivity contribution is 0.0689. The lowest BCUT2D eigenvalue weighted by Crippen LogP contribution is -2.00. The summed E-state index contributed by atoms with van der Waals surface area (Å²) in [4.78, 5) is 22.1. The zero-order valence-corrected chi connectivity index (χ0v) is 10.5. The van der Waals surface area contributed by atoms with Crippen molar-refractivity contribution < 1.29 is 19.8 Å². The number of carboxylic acid groups (broad SMARTS) is 2. The summed E-state index contributed by atoms with van der Waals surface area (Å²) < 4.78 is 0. The van der Waals surface area contributed by atoms with E-state index in [4.69, 9.17) is 21.8 Å². The Kier molecular flexibility index (Phi) is 3.36. The first-order valence-corrected chi connectivity index (χ1v) is 6.10. The standard InChI is InChI=1S/C12H7ClO4S/c13-8-3-1-2-7(10(8)12(16)17)6-4-9(11(14)15)18-5-6/h1-5H,(H,14,15)(H,16,17). The van der Waals surface area contributed by atoms with E-state index in [0.29, 0.717) is 11.1 Å². The normalized spacial score (nSPS) is 10.3. The van der Waals surface area contributed by atoms with Crippen molar-refractivity contribution in [2.24, 2.45) is 0 Å². The highest BCUT2D eigenvalue weighted by Gasteiger charge is 2.17. The van der Waals surface area contributed by atoms with Gasteiger partial charge in [0.25, 0.3) is 0 Å². The number of hydrogen-bond donors (Lipinski definition) is 2. The molecular weight excluding hydrogens is 276 g/mol. The van der Waals surface area contributed by atoms with Crippen molar-refractivity contribution in [1.82, 2.24) is 0 Å². The van der Waals surface area contributed by atoms with Crippen molar-refractivity contribution >= 4 is 34.9 Å². The molecule has 18 heavy (non-hydrogen) atoms. The third-order valence-corrected chi connectivity index (χ3v) is 3.58. The molecule has 0 aliphatic heterocycles. The Balaban J connectivity index is 2.59. The van der Waals surface area contributed by atoms with Crippen molar-refractivity contribution in [3.63, 3.8) is 0 Å². The molecule has 2 N–H and O–H groups in total. The maximum Gasteiger partial charge on any atom is 0.345 e. The van der Waals surface area contributed by atoms with Crippen LogP contribution in [0.5, 0.6) is 0 Å². The van der Waals surface area contributed by atoms with Crippen molar-refractivity contribution in [2.45, 2.75) is 0 Å². The number of carboxylic acids is 2. The van der Waals surface area contributed by atoms with Gasteiger partial charge in [-0.1, -0.05) is 23.7 Å². The van der Waals surface area contributed by atoms with E-state index in [0.717, 1.165) is 11.3 Å². The van der Waals surface area contributed by atoms with Gasteiger partial charge < -0.3 is 10.2 Å². The fourth-order valence-corrected chi connectivity index (χ4v) is 2.57. The van der Waals surface area contributed by atoms with Gasteiger partial charge in [-0.25, -0.2) is 9.59 Å². The molecule has 92 valence electrons. The minimum Gasteiger partial charge on any atom is -0.478 e. The number of rotatable bonds is 3. The van der Waals surface area contributed by atoms with Crippen LogP contribution in [0, 0.1) is 0 Å². The molecule has 1 aromatic carbocycles. The second kappa shape index (κ2) is 4.80. The highest BCUT2D eigenvalue weighted by atomic mass is 35.5. The molecule has 0 amide bonds. The fourth-order valence-electron chi connectivity index (χ4n) is 1.57. The van der Waals surface area contributed by atoms with E-state index >= 15 is 0 Å². The van der Waals surface area contributed by atoms with Crippen molar-refractivity contribution in [3.8, 4) is 11.1 Å². The van der Waals surface area contributed by atoms with Crippen molar-refractivity contribution in [2.75, 3.05) is 0 Å². The van der Waals surface area contributed by atoms with Gasteiger partial charge in [0.15, 0.2) is 0 Å². The second-order valence-electron chi connectivity index (χ2n) is 3.47. The monoisotopic (exact) mass is 282 g/mol. The van der Waals surface area contributed by atoms with Crippen LogP contribution in [0.15, 0.2) is 29.6 Å². The minimum atomic E-state index is -1.14. The van der Waals surface area contributed by atoms with Gasteiger partial charge in [0, 0.05) is 0 Å². The quantitative estimate of drug-likeness (QED) is 0.904. The summed E-state index contributed by atoms with van der Waals surface area (Å²) in [7, 11) is 0. The molecule has 0 radical (unpaired) electrons. The summed E-state index contributed by atoms with van der Waals surface area (Å²) in [5, 5.41) is 19.7. The van der Waals surface area contributed by atoms with Gasteiger partial charge in [0.05, 0.1) is 10.6 Å². The average Bonchev–Trinajstić information content (AvgIpc) is 2.77. The Hall–Kier alpha value is -1.85. The van der Waals surface area contributed by atoms with Crippen molar-refractivity contribution in [3.05, 3.63) is 45.1 Å². The van der Waals surface area contributed by atoms with Crippen molar-refractivity contribution in [1.29, 1.82) is 0 Å². The SMILES string of the molecule is O=C(O)c1cc(-c2cccc(Cl)c2C(=O)O)cs1. The number of halogens is 1. The van der Waals surface area contributed by atoms with Gasteiger partial charge >= 0.3 is 11.9 Å². The van der Waals surface area contributed by atoms with Gasteiger partial charge in [-0.05, 0) is 28.6 Å². The summed E-state index contributed by atoms with van der Waals surface area (Å²) in [5.74, 6) is -2.18. The zero-order chi connectivity index (χ0) is 13.3. The van der Waals surface area contributed by atoms with Crippen LogP contribution >= 0.6 is 22.9 Å². The molecule has 4 nitrogen and oxygen atoms in total. The van der Waals surface area contributed by atoms with Crippen LogP contribution < -0.4 is 0 Å². The van der Waals surface area contributed by atoms with E-state index in [9.17, 15) is 9.59 Å². The smallest absolute Gasteiger partial charge is 0.345 e. The van der Waals surface area contributed by atoms with Gasteiger partial charge in [-0.3, -0.25) is 0 Å². The van der Waals surface area contributed by atoms with E-state index < -0.39 is 11.9 Å². The maximum atomic E-state index is 11.2. The third-order valence-electron chi connectivity index (χ3n) is 2.35. The van der Waals surface area contributed by atoms with Crippen LogP contribution in [-0.4, -0.2) is 22.2 Å². The van der Waals surface area contributed by atoms with E-state index in [1.165, 1.54) is 12.1 Å². The Morgan fingerprint density at radius 1 is 1.17 bits per heavy atom. The molecule has 0 aliphatic carbocycles. The molecule has 0 spiro atoms. The molecule has 0 atom stereocenters. The lowest BCUT2D eigenvalue weighted by Gasteiger charge is -2.05. The van der Waals surface area contributed by atoms with E-state index in [1.807, 2.05) is 0 Å². The minimum absolute atomic E-state index is 0.0195. The maximum absolute atomic E-state index is 11.2. The summed E-state index contributed by atoms with van der Waals surface area (Å²) in [6.45, 7) is 0. The summed E-state index contributed by atoms with van der Waals surface area (Å²) in [6, 6.07) is 6.15. The van der Waals surface area contributed by atoms with E-state index in [2.05, 4.69) is 0 Å². The van der Waals surface area contributed by atoms with Crippen LogP contribution in [-0.2, 0) is 0 Å². The first kappa shape index (κ1) is 12.6. The largest absolute Gasteiger partial charge is 0.478 e. The van der Waals surface area contributed by atoms with Gasteiger partial charge in [-0.15, -0.1) is 11.3 Å². The average molecular weight is 283 g/mol. The second-order valence-corrected chi connectivity index (χ2v) is 4.79. The predicted octanol–water partition coefficient (Wildman–Crippen LogP) is 3.46. The molecule has 0 saturated heterocycles. The van der Waals surface area contributed by atoms with Gasteiger partial charge in [-0.2, -0.15) is 0 Å². The molecular formula is C12H7ClO4S. The van der Waals surface area contributed by atoms with Crippen LogP contribution in [0.3, 0.4) is 0 Å². The Labute approximate surface area is 111 Å². The molecule has 0 unspecified atom stereocenters. The Morgan fingerprint density at radius 2 is 1.89 bits per heavy atom. The number of hydrogen-bond acceptors (Lipinski definition) is 3. The predicted molar refractivity (Wildman–Crippen MR) is 68.7 cm³/mol. The number of benzene rings is 1. The zero-order valence-electron chi connectivity index (χ0n) is 8.88. The first-order chi connectivity index (χ1) is 8.50. The molecule has 6 heteroatoms.